The van der Waals surface area contributed by atoms with E-state index in [4.69, 9.17) is 0 Å². The van der Waals surface area contributed by atoms with Crippen LogP contribution in [0.1, 0.15) is 0 Å². The Morgan fingerprint density at radius 1 is 0.267 bits per heavy atom. The van der Waals surface area contributed by atoms with Gasteiger partial charge in [-0.2, -0.15) is 0 Å². The second kappa shape index (κ2) is 12.3. The van der Waals surface area contributed by atoms with Crippen LogP contribution in [0.3, 0.4) is 0 Å². The molecular weight excluding hydrogens is 743 g/mol. The summed E-state index contributed by atoms with van der Waals surface area (Å²) in [6.07, 6.45) is 0. The Hall–Kier alpha value is -7.96. The van der Waals surface area contributed by atoms with E-state index in [2.05, 4.69) is 152 Å². The highest BCUT2D eigenvalue weighted by molar-refractivity contribution is 6.30. The van der Waals surface area contributed by atoms with Crippen molar-refractivity contribution in [2.24, 2.45) is 0 Å². The number of nitrogens with zero attached hydrogens (tertiary/aromatic N) is 4. The SMILES string of the molecule is Fc1ccc2c(c1)c1cc(N(c3ccccc3)c3ccccc3)cc3c4cc5c6cc(N(c7ccccc7)c7ccccc7)cc7c8cc(F)ccc8n(c5cc4n2c13)c76. The molecule has 60 heavy (non-hydrogen) atoms. The maximum Gasteiger partial charge on any atom is 0.123 e. The van der Waals surface area contributed by atoms with Crippen LogP contribution in [0.4, 0.5) is 42.9 Å². The van der Waals surface area contributed by atoms with Crippen molar-refractivity contribution < 1.29 is 8.78 Å². The van der Waals surface area contributed by atoms with Crippen LogP contribution in [-0.2, 0) is 0 Å². The number of anilines is 6. The van der Waals surface area contributed by atoms with Gasteiger partial charge in [0.25, 0.3) is 0 Å². The van der Waals surface area contributed by atoms with E-state index in [0.29, 0.717) is 0 Å². The molecule has 0 saturated carbocycles. The predicted molar refractivity (Wildman–Crippen MR) is 245 cm³/mol. The maximum absolute atomic E-state index is 15.2. The van der Waals surface area contributed by atoms with Gasteiger partial charge in [0.2, 0.25) is 0 Å². The Balaban J connectivity index is 1.18. The molecule has 4 heterocycles. The van der Waals surface area contributed by atoms with Gasteiger partial charge in [0, 0.05) is 77.2 Å². The van der Waals surface area contributed by atoms with Crippen LogP contribution >= 0.6 is 0 Å². The topological polar surface area (TPSA) is 15.3 Å². The van der Waals surface area contributed by atoms with E-state index >= 15 is 8.78 Å². The summed E-state index contributed by atoms with van der Waals surface area (Å²) in [6, 6.07) is 65.4. The van der Waals surface area contributed by atoms with Crippen LogP contribution in [0.5, 0.6) is 0 Å². The summed E-state index contributed by atoms with van der Waals surface area (Å²) in [4.78, 5) is 4.55. The molecule has 4 nitrogen and oxygen atoms in total. The van der Waals surface area contributed by atoms with Crippen molar-refractivity contribution in [3.63, 3.8) is 0 Å². The zero-order valence-electron chi connectivity index (χ0n) is 32.0. The summed E-state index contributed by atoms with van der Waals surface area (Å²) in [5.41, 5.74) is 12.1. The van der Waals surface area contributed by atoms with Crippen molar-refractivity contribution in [1.29, 1.82) is 0 Å². The third-order valence-electron chi connectivity index (χ3n) is 12.4. The van der Waals surface area contributed by atoms with Crippen LogP contribution in [0.15, 0.2) is 194 Å². The number of fused-ring (bicyclic) bond motifs is 12. The number of aromatic nitrogens is 2. The average Bonchev–Trinajstić information content (AvgIpc) is 4.00. The lowest BCUT2D eigenvalue weighted by Gasteiger charge is -2.25. The molecular formula is C54H32F2N4. The fourth-order valence-corrected chi connectivity index (χ4v) is 9.96. The molecule has 13 aromatic rings. The molecule has 0 N–H and O–H groups in total. The van der Waals surface area contributed by atoms with Gasteiger partial charge >= 0.3 is 0 Å². The Kier molecular flexibility index (Phi) is 6.76. The van der Waals surface area contributed by atoms with E-state index in [-0.39, 0.29) is 11.6 Å². The van der Waals surface area contributed by atoms with Gasteiger partial charge in [-0.15, -0.1) is 0 Å². The largest absolute Gasteiger partial charge is 0.310 e. The van der Waals surface area contributed by atoms with Crippen molar-refractivity contribution in [2.45, 2.75) is 0 Å². The van der Waals surface area contributed by atoms with Gasteiger partial charge in [0.1, 0.15) is 11.6 Å². The van der Waals surface area contributed by atoms with Crippen LogP contribution in [0.25, 0.3) is 76.2 Å². The van der Waals surface area contributed by atoms with E-state index in [1.807, 2.05) is 36.4 Å². The lowest BCUT2D eigenvalue weighted by Crippen LogP contribution is -2.09. The maximum atomic E-state index is 15.2. The van der Waals surface area contributed by atoms with Crippen LogP contribution < -0.4 is 9.80 Å². The standard InChI is InChI=1S/C54H32F2N4/c55-33-21-23-49-41(25-33)45-27-39(57(35-13-5-1-6-14-35)36-15-7-2-8-16-36)29-47-43-31-44-48-30-40(58(37-17-9-3-10-18-37)38-19-11-4-12-20-38)28-46-42-26-34(56)22-24-50(42)60(54(46)48)52(44)32-51(43)59(49)53(45)47/h1-32H. The Labute approximate surface area is 342 Å². The number of hydrogen-bond donors (Lipinski definition) is 0. The van der Waals surface area contributed by atoms with Crippen LogP contribution in [0.2, 0.25) is 0 Å². The number of rotatable bonds is 6. The van der Waals surface area contributed by atoms with Gasteiger partial charge in [0.05, 0.1) is 33.1 Å². The quantitative estimate of drug-likeness (QED) is 0.167. The van der Waals surface area contributed by atoms with Gasteiger partial charge in [-0.3, -0.25) is 0 Å². The molecule has 6 heteroatoms. The fraction of sp³-hybridized carbons (Fsp3) is 0. The zero-order valence-corrected chi connectivity index (χ0v) is 32.0. The second-order valence-corrected chi connectivity index (χ2v) is 15.7. The van der Waals surface area contributed by atoms with Crippen LogP contribution in [-0.4, -0.2) is 8.80 Å². The van der Waals surface area contributed by atoms with Crippen molar-refractivity contribution >= 4 is 110 Å². The highest BCUT2D eigenvalue weighted by Crippen LogP contribution is 2.49. The molecule has 0 atom stereocenters. The molecule has 0 spiro atoms. The first kappa shape index (κ1) is 33.1. The van der Waals surface area contributed by atoms with Gasteiger partial charge in [-0.25, -0.2) is 8.78 Å². The molecule has 0 amide bonds. The van der Waals surface area contributed by atoms with Crippen molar-refractivity contribution in [3.8, 4) is 0 Å². The first-order chi connectivity index (χ1) is 29.6. The van der Waals surface area contributed by atoms with E-state index in [1.54, 1.807) is 24.3 Å². The van der Waals surface area contributed by atoms with E-state index in [1.165, 1.54) is 0 Å². The number of para-hydroxylation sites is 4. The highest BCUT2D eigenvalue weighted by atomic mass is 19.1. The molecule has 9 aromatic carbocycles. The molecule has 282 valence electrons. The number of hydrogen-bond acceptors (Lipinski definition) is 2. The molecule has 0 fully saturated rings. The van der Waals surface area contributed by atoms with Gasteiger partial charge < -0.3 is 18.6 Å². The normalized spacial score (nSPS) is 12.2. The Morgan fingerprint density at radius 2 is 0.583 bits per heavy atom. The minimum Gasteiger partial charge on any atom is -0.310 e. The fourth-order valence-electron chi connectivity index (χ4n) is 9.96. The van der Waals surface area contributed by atoms with E-state index in [9.17, 15) is 0 Å². The predicted octanol–water partition coefficient (Wildman–Crippen LogP) is 15.2. The average molecular weight is 775 g/mol. The summed E-state index contributed by atoms with van der Waals surface area (Å²) in [5.74, 6) is -0.545. The van der Waals surface area contributed by atoms with Crippen molar-refractivity contribution in [2.75, 3.05) is 9.80 Å². The second-order valence-electron chi connectivity index (χ2n) is 15.7. The molecule has 13 rings (SSSR count). The van der Waals surface area contributed by atoms with E-state index in [0.717, 1.165) is 110 Å². The number of halogens is 2. The molecule has 0 aliphatic heterocycles. The molecule has 0 bridgehead atoms. The lowest BCUT2D eigenvalue weighted by molar-refractivity contribution is 0.629. The minimum absolute atomic E-state index is 0.272. The highest BCUT2D eigenvalue weighted by Gasteiger charge is 2.26. The summed E-state index contributed by atoms with van der Waals surface area (Å²) < 4.78 is 35.1. The van der Waals surface area contributed by atoms with Crippen molar-refractivity contribution in [1.82, 2.24) is 8.80 Å². The minimum atomic E-state index is -0.272. The summed E-state index contributed by atoms with van der Waals surface area (Å²) in [5, 5.41) is 8.06. The smallest absolute Gasteiger partial charge is 0.123 e. The summed E-state index contributed by atoms with van der Waals surface area (Å²) in [7, 11) is 0. The Morgan fingerprint density at radius 3 is 0.917 bits per heavy atom. The molecule has 0 aliphatic carbocycles. The van der Waals surface area contributed by atoms with Gasteiger partial charge in [0.15, 0.2) is 0 Å². The zero-order chi connectivity index (χ0) is 39.6. The molecule has 0 aliphatic rings. The molecule has 0 unspecified atom stereocenters. The van der Waals surface area contributed by atoms with Crippen LogP contribution in [0, 0.1) is 11.6 Å². The molecule has 0 saturated heterocycles. The lowest BCUT2D eigenvalue weighted by atomic mass is 10.0. The molecule has 0 radical (unpaired) electrons. The third kappa shape index (κ3) is 4.58. The monoisotopic (exact) mass is 774 g/mol. The first-order valence-electron chi connectivity index (χ1n) is 20.1. The summed E-state index contributed by atoms with van der Waals surface area (Å²) >= 11 is 0. The van der Waals surface area contributed by atoms with E-state index < -0.39 is 0 Å². The first-order valence-corrected chi connectivity index (χ1v) is 20.1. The number of benzene rings is 9. The third-order valence-corrected chi connectivity index (χ3v) is 12.4. The van der Waals surface area contributed by atoms with Gasteiger partial charge in [-0.1, -0.05) is 72.8 Å². The van der Waals surface area contributed by atoms with Gasteiger partial charge in [-0.05, 0) is 121 Å². The van der Waals surface area contributed by atoms with Crippen molar-refractivity contribution in [3.05, 3.63) is 206 Å². The Bertz CT molecular complexity index is 3460. The molecule has 4 aromatic heterocycles. The summed E-state index contributed by atoms with van der Waals surface area (Å²) in [6.45, 7) is 0.